The molecule has 1 fully saturated rings. The van der Waals surface area contributed by atoms with Gasteiger partial charge in [0, 0.05) is 17.5 Å². The number of nitrogens with one attached hydrogen (secondary N) is 1. The number of thiophene rings is 1. The number of nitrogens with two attached hydrogens (primary N) is 1. The van der Waals surface area contributed by atoms with Crippen molar-refractivity contribution in [3.05, 3.63) is 15.8 Å². The maximum absolute atomic E-state index is 12.6. The summed E-state index contributed by atoms with van der Waals surface area (Å²) in [4.78, 5) is 1.14. The highest BCUT2D eigenvalue weighted by molar-refractivity contribution is 7.89. The summed E-state index contributed by atoms with van der Waals surface area (Å²) in [6.07, 6.45) is 3.15. The zero-order chi connectivity index (χ0) is 14.9. The maximum atomic E-state index is 12.6. The Morgan fingerprint density at radius 1 is 1.45 bits per heavy atom. The summed E-state index contributed by atoms with van der Waals surface area (Å²) in [7, 11) is -3.46. The van der Waals surface area contributed by atoms with E-state index in [0.717, 1.165) is 29.7 Å². The number of hydrogen-bond donors (Lipinski definition) is 2. The van der Waals surface area contributed by atoms with Gasteiger partial charge in [-0.25, -0.2) is 13.1 Å². The SMILES string of the molecule is CCC1CCC(NS(=O)(=O)c2c(C)csc2CN)C1C. The fraction of sp³-hybridized carbons (Fsp3) is 0.714. The summed E-state index contributed by atoms with van der Waals surface area (Å²) in [5.41, 5.74) is 6.45. The molecule has 1 aromatic rings. The predicted molar refractivity (Wildman–Crippen MR) is 83.2 cm³/mol. The van der Waals surface area contributed by atoms with Gasteiger partial charge in [-0.2, -0.15) is 0 Å². The molecule has 0 radical (unpaired) electrons. The van der Waals surface area contributed by atoms with E-state index in [1.54, 1.807) is 0 Å². The van der Waals surface area contributed by atoms with Gasteiger partial charge in [0.1, 0.15) is 4.90 Å². The van der Waals surface area contributed by atoms with Crippen LogP contribution in [0.3, 0.4) is 0 Å². The summed E-state index contributed by atoms with van der Waals surface area (Å²) < 4.78 is 28.2. The molecule has 1 aliphatic carbocycles. The zero-order valence-corrected chi connectivity index (χ0v) is 14.0. The van der Waals surface area contributed by atoms with Crippen LogP contribution in [0.1, 0.15) is 43.6 Å². The lowest BCUT2D eigenvalue weighted by Crippen LogP contribution is -2.38. The van der Waals surface area contributed by atoms with Crippen LogP contribution in [0.25, 0.3) is 0 Å². The monoisotopic (exact) mass is 316 g/mol. The molecule has 3 N–H and O–H groups in total. The molecule has 3 unspecified atom stereocenters. The fourth-order valence-electron chi connectivity index (χ4n) is 3.24. The highest BCUT2D eigenvalue weighted by Gasteiger charge is 2.35. The Bertz CT molecular complexity index is 566. The van der Waals surface area contributed by atoms with Gasteiger partial charge in [0.05, 0.1) is 0 Å². The second kappa shape index (κ2) is 6.13. The van der Waals surface area contributed by atoms with Crippen molar-refractivity contribution in [3.8, 4) is 0 Å². The summed E-state index contributed by atoms with van der Waals surface area (Å²) in [5.74, 6) is 1.02. The first-order valence-electron chi connectivity index (χ1n) is 7.20. The Labute approximate surface area is 125 Å². The third kappa shape index (κ3) is 2.93. The minimum absolute atomic E-state index is 0.0508. The molecule has 0 aromatic carbocycles. The number of aryl methyl sites for hydroxylation is 1. The van der Waals surface area contributed by atoms with E-state index in [1.807, 2.05) is 12.3 Å². The Balaban J connectivity index is 2.22. The lowest BCUT2D eigenvalue weighted by atomic mass is 9.94. The van der Waals surface area contributed by atoms with Crippen LogP contribution >= 0.6 is 11.3 Å². The largest absolute Gasteiger partial charge is 0.326 e. The first-order chi connectivity index (χ1) is 9.40. The van der Waals surface area contributed by atoms with Crippen LogP contribution < -0.4 is 10.5 Å². The van der Waals surface area contributed by atoms with Crippen LogP contribution in [0.15, 0.2) is 10.3 Å². The van der Waals surface area contributed by atoms with Crippen molar-refractivity contribution in [2.24, 2.45) is 17.6 Å². The Morgan fingerprint density at radius 3 is 2.70 bits per heavy atom. The van der Waals surface area contributed by atoms with E-state index in [2.05, 4.69) is 18.6 Å². The average Bonchev–Trinajstić information content (AvgIpc) is 2.94. The molecule has 0 spiro atoms. The molecule has 1 aromatic heterocycles. The standard InChI is InChI=1S/C14H24N2O2S2/c1-4-11-5-6-12(10(11)3)16-20(17,18)14-9(2)8-19-13(14)7-15/h8,10-12,16H,4-7,15H2,1-3H3. The van der Waals surface area contributed by atoms with Crippen LogP contribution in [0.2, 0.25) is 0 Å². The van der Waals surface area contributed by atoms with E-state index in [1.165, 1.54) is 11.3 Å². The number of hydrogen-bond acceptors (Lipinski definition) is 4. The molecule has 4 nitrogen and oxygen atoms in total. The first kappa shape index (κ1) is 15.9. The molecule has 0 bridgehead atoms. The highest BCUT2D eigenvalue weighted by Crippen LogP contribution is 2.35. The van der Waals surface area contributed by atoms with Gasteiger partial charge >= 0.3 is 0 Å². The summed E-state index contributed by atoms with van der Waals surface area (Å²) >= 11 is 1.42. The molecule has 20 heavy (non-hydrogen) atoms. The lowest BCUT2D eigenvalue weighted by Gasteiger charge is -2.21. The summed E-state index contributed by atoms with van der Waals surface area (Å²) in [6.45, 7) is 6.43. The molecule has 0 saturated heterocycles. The van der Waals surface area contributed by atoms with Gasteiger partial charge in [0.15, 0.2) is 0 Å². The molecular weight excluding hydrogens is 292 g/mol. The second-order valence-corrected chi connectivity index (χ2v) is 8.32. The van der Waals surface area contributed by atoms with Crippen LogP contribution in [0.4, 0.5) is 0 Å². The van der Waals surface area contributed by atoms with E-state index < -0.39 is 10.0 Å². The van der Waals surface area contributed by atoms with Gasteiger partial charge in [-0.15, -0.1) is 11.3 Å². The van der Waals surface area contributed by atoms with Gasteiger partial charge in [0.25, 0.3) is 0 Å². The van der Waals surface area contributed by atoms with Crippen LogP contribution in [-0.4, -0.2) is 14.5 Å². The Hall–Kier alpha value is -0.430. The van der Waals surface area contributed by atoms with Gasteiger partial charge in [-0.05, 0) is 42.5 Å². The van der Waals surface area contributed by atoms with E-state index in [4.69, 9.17) is 5.73 Å². The first-order valence-corrected chi connectivity index (χ1v) is 9.56. The van der Waals surface area contributed by atoms with Gasteiger partial charge in [0.2, 0.25) is 10.0 Å². The zero-order valence-electron chi connectivity index (χ0n) is 12.3. The van der Waals surface area contributed by atoms with Crippen molar-refractivity contribution in [3.63, 3.8) is 0 Å². The minimum Gasteiger partial charge on any atom is -0.326 e. The third-order valence-electron chi connectivity index (χ3n) is 4.50. The normalized spacial score (nSPS) is 27.1. The van der Waals surface area contributed by atoms with Crippen molar-refractivity contribution < 1.29 is 8.42 Å². The number of sulfonamides is 1. The highest BCUT2D eigenvalue weighted by atomic mass is 32.2. The molecule has 114 valence electrons. The topological polar surface area (TPSA) is 72.2 Å². The molecule has 1 saturated carbocycles. The van der Waals surface area contributed by atoms with Gasteiger partial charge in [-0.3, -0.25) is 0 Å². The van der Waals surface area contributed by atoms with Crippen molar-refractivity contribution in [2.75, 3.05) is 0 Å². The molecule has 3 atom stereocenters. The van der Waals surface area contributed by atoms with Gasteiger partial charge in [-0.1, -0.05) is 20.3 Å². The minimum atomic E-state index is -3.46. The summed E-state index contributed by atoms with van der Waals surface area (Å²) in [6, 6.07) is 0.0508. The predicted octanol–water partition coefficient (Wildman–Crippen LogP) is 2.62. The summed E-state index contributed by atoms with van der Waals surface area (Å²) in [5, 5.41) is 1.86. The van der Waals surface area contributed by atoms with Crippen LogP contribution in [0.5, 0.6) is 0 Å². The van der Waals surface area contributed by atoms with Crippen LogP contribution in [0, 0.1) is 18.8 Å². The average molecular weight is 316 g/mol. The maximum Gasteiger partial charge on any atom is 0.242 e. The van der Waals surface area contributed by atoms with Crippen molar-refractivity contribution in [1.29, 1.82) is 0 Å². The van der Waals surface area contributed by atoms with E-state index in [-0.39, 0.29) is 12.6 Å². The Kier molecular flexibility index (Phi) is 4.89. The molecule has 0 amide bonds. The Morgan fingerprint density at radius 2 is 2.15 bits per heavy atom. The van der Waals surface area contributed by atoms with Crippen molar-refractivity contribution in [1.82, 2.24) is 4.72 Å². The van der Waals surface area contributed by atoms with E-state index >= 15 is 0 Å². The number of rotatable bonds is 5. The second-order valence-electron chi connectivity index (χ2n) is 5.71. The van der Waals surface area contributed by atoms with Crippen molar-refractivity contribution in [2.45, 2.75) is 57.5 Å². The van der Waals surface area contributed by atoms with E-state index in [0.29, 0.717) is 16.7 Å². The van der Waals surface area contributed by atoms with E-state index in [9.17, 15) is 8.42 Å². The molecule has 1 heterocycles. The molecule has 6 heteroatoms. The fourth-order valence-corrected chi connectivity index (χ4v) is 6.30. The quantitative estimate of drug-likeness (QED) is 0.877. The molecule has 2 rings (SSSR count). The molecular formula is C14H24N2O2S2. The van der Waals surface area contributed by atoms with Crippen molar-refractivity contribution >= 4 is 21.4 Å². The molecule has 0 aliphatic heterocycles. The lowest BCUT2D eigenvalue weighted by molar-refractivity contribution is 0.368. The smallest absolute Gasteiger partial charge is 0.242 e. The molecule has 1 aliphatic rings. The van der Waals surface area contributed by atoms with Gasteiger partial charge < -0.3 is 5.73 Å². The third-order valence-corrected chi connectivity index (χ3v) is 7.48. The van der Waals surface area contributed by atoms with Crippen LogP contribution in [-0.2, 0) is 16.6 Å².